The second-order valence-corrected chi connectivity index (χ2v) is 11.5. The molecule has 3 unspecified atom stereocenters. The topological polar surface area (TPSA) is 60.9 Å². The van der Waals surface area contributed by atoms with Crippen LogP contribution in [0.4, 0.5) is 5.69 Å². The van der Waals surface area contributed by atoms with Crippen molar-refractivity contribution in [3.8, 4) is 0 Å². The van der Waals surface area contributed by atoms with Gasteiger partial charge in [0.25, 0.3) is 0 Å². The minimum atomic E-state index is -3.72. The highest BCUT2D eigenvalue weighted by Gasteiger charge is 2.48. The second kappa shape index (κ2) is 7.97. The minimum Gasteiger partial charge on any atom is -0.307 e. The van der Waals surface area contributed by atoms with Crippen LogP contribution in [0.2, 0.25) is 0 Å². The van der Waals surface area contributed by atoms with Crippen molar-refractivity contribution < 1.29 is 13.2 Å². The molecule has 0 bridgehead atoms. The molecule has 0 saturated carbocycles. The van der Waals surface area contributed by atoms with Crippen molar-refractivity contribution in [3.05, 3.63) is 59.2 Å². The van der Waals surface area contributed by atoms with Gasteiger partial charge < -0.3 is 9.80 Å². The summed E-state index contributed by atoms with van der Waals surface area (Å²) in [5, 5.41) is 0. The minimum absolute atomic E-state index is 0.0691. The van der Waals surface area contributed by atoms with Crippen LogP contribution in [-0.2, 0) is 14.8 Å². The van der Waals surface area contributed by atoms with Crippen LogP contribution in [0, 0.1) is 13.8 Å². The van der Waals surface area contributed by atoms with Gasteiger partial charge in [0.1, 0.15) is 6.04 Å². The van der Waals surface area contributed by atoms with Gasteiger partial charge in [0.15, 0.2) is 0 Å². The van der Waals surface area contributed by atoms with Gasteiger partial charge in [-0.2, -0.15) is 4.31 Å². The first-order chi connectivity index (χ1) is 15.3. The highest BCUT2D eigenvalue weighted by atomic mass is 32.2. The molecule has 2 aromatic carbocycles. The first-order valence-corrected chi connectivity index (χ1v) is 12.9. The van der Waals surface area contributed by atoms with Gasteiger partial charge in [-0.05, 0) is 70.5 Å². The Balaban J connectivity index is 1.50. The monoisotopic (exact) mass is 453 g/mol. The maximum absolute atomic E-state index is 14.0. The van der Waals surface area contributed by atoms with Crippen LogP contribution in [0.3, 0.4) is 0 Å². The third kappa shape index (κ3) is 3.47. The summed E-state index contributed by atoms with van der Waals surface area (Å²) in [7, 11) is -1.60. The predicted octanol–water partition coefficient (Wildman–Crippen LogP) is 3.29. The molecule has 0 spiro atoms. The lowest BCUT2D eigenvalue weighted by Gasteiger charge is -2.38. The SMILES string of the molecule is Cc1ccc(S(=O)(=O)N2CCCC2C(=O)N2c3ccc(C)cc3C3CN(C)CCC32)cc1. The van der Waals surface area contributed by atoms with E-state index in [2.05, 4.69) is 37.1 Å². The molecule has 3 aliphatic heterocycles. The summed E-state index contributed by atoms with van der Waals surface area (Å²) in [6.45, 7) is 6.26. The van der Waals surface area contributed by atoms with Gasteiger partial charge in [-0.15, -0.1) is 0 Å². The van der Waals surface area contributed by atoms with Crippen LogP contribution in [-0.4, -0.2) is 62.3 Å². The number of fused-ring (bicyclic) bond motifs is 3. The van der Waals surface area contributed by atoms with Crippen LogP contribution < -0.4 is 4.90 Å². The zero-order chi connectivity index (χ0) is 22.6. The fourth-order valence-electron chi connectivity index (χ4n) is 5.65. The standard InChI is InChI=1S/C25H31N3O3S/c1-17-6-9-19(10-7-17)32(30,31)27-13-4-5-24(27)25(29)28-22-11-8-18(2)15-20(22)21-16-26(3)14-12-23(21)28/h6-11,15,21,23-24H,4-5,12-14,16H2,1-3H3. The molecule has 2 saturated heterocycles. The fraction of sp³-hybridized carbons (Fsp3) is 0.480. The molecule has 1 amide bonds. The molecule has 0 aromatic heterocycles. The number of likely N-dealkylation sites (tertiary alicyclic amines) is 1. The van der Waals surface area contributed by atoms with E-state index < -0.39 is 16.1 Å². The number of aryl methyl sites for hydroxylation is 2. The van der Waals surface area contributed by atoms with Crippen LogP contribution >= 0.6 is 0 Å². The summed E-state index contributed by atoms with van der Waals surface area (Å²) in [5.74, 6) is 0.205. The Bertz CT molecular complexity index is 1150. The zero-order valence-electron chi connectivity index (χ0n) is 19.0. The smallest absolute Gasteiger partial charge is 0.245 e. The van der Waals surface area contributed by atoms with E-state index >= 15 is 0 Å². The van der Waals surface area contributed by atoms with Crippen LogP contribution in [0.1, 0.15) is 41.9 Å². The number of carbonyl (C=O) groups is 1. The van der Waals surface area contributed by atoms with E-state index in [-0.39, 0.29) is 22.8 Å². The molecular weight excluding hydrogens is 422 g/mol. The number of anilines is 1. The molecule has 5 rings (SSSR count). The second-order valence-electron chi connectivity index (χ2n) is 9.58. The average molecular weight is 454 g/mol. The van der Waals surface area contributed by atoms with Crippen LogP contribution in [0.25, 0.3) is 0 Å². The van der Waals surface area contributed by atoms with Crippen LogP contribution in [0.15, 0.2) is 47.4 Å². The Morgan fingerprint density at radius 3 is 2.44 bits per heavy atom. The van der Waals surface area contributed by atoms with Crippen molar-refractivity contribution in [2.45, 2.75) is 56.0 Å². The molecule has 3 atom stereocenters. The molecule has 0 aliphatic carbocycles. The molecule has 3 aliphatic rings. The molecule has 32 heavy (non-hydrogen) atoms. The van der Waals surface area contributed by atoms with E-state index in [1.165, 1.54) is 15.4 Å². The zero-order valence-corrected chi connectivity index (χ0v) is 19.8. The van der Waals surface area contributed by atoms with Gasteiger partial charge in [0.05, 0.1) is 4.90 Å². The largest absolute Gasteiger partial charge is 0.307 e. The van der Waals surface area contributed by atoms with Crippen molar-refractivity contribution in [2.24, 2.45) is 0 Å². The number of hydrogen-bond donors (Lipinski definition) is 0. The third-order valence-corrected chi connectivity index (χ3v) is 9.23. The Morgan fingerprint density at radius 2 is 1.69 bits per heavy atom. The van der Waals surface area contributed by atoms with Crippen molar-refractivity contribution in [2.75, 3.05) is 31.6 Å². The number of amides is 1. The van der Waals surface area contributed by atoms with E-state index in [1.54, 1.807) is 12.1 Å². The Labute approximate surface area is 190 Å². The maximum Gasteiger partial charge on any atom is 0.245 e. The third-order valence-electron chi connectivity index (χ3n) is 7.31. The predicted molar refractivity (Wildman–Crippen MR) is 125 cm³/mol. The number of sulfonamides is 1. The van der Waals surface area contributed by atoms with E-state index in [4.69, 9.17) is 0 Å². The van der Waals surface area contributed by atoms with Gasteiger partial charge in [-0.25, -0.2) is 8.42 Å². The lowest BCUT2D eigenvalue weighted by atomic mass is 9.88. The Hall–Kier alpha value is -2.22. The van der Waals surface area contributed by atoms with Gasteiger partial charge in [0.2, 0.25) is 15.9 Å². The lowest BCUT2D eigenvalue weighted by molar-refractivity contribution is -0.122. The summed E-state index contributed by atoms with van der Waals surface area (Å²) in [6.07, 6.45) is 2.17. The molecule has 0 N–H and O–H groups in total. The van der Waals surface area contributed by atoms with Gasteiger partial charge in [0, 0.05) is 30.7 Å². The molecule has 7 heteroatoms. The number of piperidine rings is 1. The lowest BCUT2D eigenvalue weighted by Crippen LogP contribution is -2.53. The van der Waals surface area contributed by atoms with E-state index in [9.17, 15) is 13.2 Å². The first-order valence-electron chi connectivity index (χ1n) is 11.5. The van der Waals surface area contributed by atoms with E-state index in [0.29, 0.717) is 19.4 Å². The number of carbonyl (C=O) groups excluding carboxylic acids is 1. The Kier molecular flexibility index (Phi) is 5.39. The molecule has 0 radical (unpaired) electrons. The maximum atomic E-state index is 14.0. The number of benzene rings is 2. The number of rotatable bonds is 3. The number of likely N-dealkylation sites (N-methyl/N-ethyl adjacent to an activating group) is 1. The molecule has 170 valence electrons. The molecular formula is C25H31N3O3S. The summed E-state index contributed by atoms with van der Waals surface area (Å²) in [4.78, 5) is 18.5. The van der Waals surface area contributed by atoms with Gasteiger partial charge in [-0.1, -0.05) is 35.4 Å². The highest BCUT2D eigenvalue weighted by molar-refractivity contribution is 7.89. The fourth-order valence-corrected chi connectivity index (χ4v) is 7.30. The first kappa shape index (κ1) is 21.6. The molecule has 3 heterocycles. The summed E-state index contributed by atoms with van der Waals surface area (Å²) in [5.41, 5.74) is 4.39. The van der Waals surface area contributed by atoms with E-state index in [0.717, 1.165) is 30.8 Å². The van der Waals surface area contributed by atoms with E-state index in [1.807, 2.05) is 24.0 Å². The number of hydrogen-bond acceptors (Lipinski definition) is 4. The van der Waals surface area contributed by atoms with Crippen molar-refractivity contribution in [3.63, 3.8) is 0 Å². The Morgan fingerprint density at radius 1 is 0.969 bits per heavy atom. The van der Waals surface area contributed by atoms with Crippen molar-refractivity contribution in [1.29, 1.82) is 0 Å². The summed E-state index contributed by atoms with van der Waals surface area (Å²) >= 11 is 0. The van der Waals surface area contributed by atoms with Gasteiger partial charge >= 0.3 is 0 Å². The summed E-state index contributed by atoms with van der Waals surface area (Å²) < 4.78 is 28.3. The van der Waals surface area contributed by atoms with Gasteiger partial charge in [-0.3, -0.25) is 4.79 Å². The quantitative estimate of drug-likeness (QED) is 0.716. The average Bonchev–Trinajstić information content (AvgIpc) is 3.37. The number of nitrogens with zero attached hydrogens (tertiary/aromatic N) is 3. The highest BCUT2D eigenvalue weighted by Crippen LogP contribution is 2.46. The normalized spacial score (nSPS) is 26.2. The molecule has 6 nitrogen and oxygen atoms in total. The summed E-state index contributed by atoms with van der Waals surface area (Å²) in [6, 6.07) is 12.7. The molecule has 2 fully saturated rings. The molecule has 2 aromatic rings. The van der Waals surface area contributed by atoms with Crippen molar-refractivity contribution in [1.82, 2.24) is 9.21 Å². The van der Waals surface area contributed by atoms with Crippen molar-refractivity contribution >= 4 is 21.6 Å². The van der Waals surface area contributed by atoms with Crippen LogP contribution in [0.5, 0.6) is 0 Å².